The molecule has 0 spiro atoms. The first-order valence-electron chi connectivity index (χ1n) is 7.37. The minimum Gasteiger partial charge on any atom is -0.474 e. The van der Waals surface area contributed by atoms with Crippen molar-refractivity contribution in [1.29, 1.82) is 0 Å². The van der Waals surface area contributed by atoms with Gasteiger partial charge in [-0.3, -0.25) is 0 Å². The number of ether oxygens (including phenoxy) is 1. The van der Waals surface area contributed by atoms with Crippen LogP contribution >= 0.6 is 11.6 Å². The van der Waals surface area contributed by atoms with Crippen molar-refractivity contribution in [3.8, 4) is 5.88 Å². The molecule has 0 saturated heterocycles. The molecule has 0 radical (unpaired) electrons. The summed E-state index contributed by atoms with van der Waals surface area (Å²) in [6, 6.07) is 8.22. The molecule has 1 aliphatic carbocycles. The minimum atomic E-state index is 0.302. The highest BCUT2D eigenvalue weighted by Crippen LogP contribution is 2.31. The summed E-state index contributed by atoms with van der Waals surface area (Å²) in [6.45, 7) is 2.30. The first-order valence-corrected chi connectivity index (χ1v) is 7.90. The summed E-state index contributed by atoms with van der Waals surface area (Å²) in [6.07, 6.45) is 6.99. The number of fused-ring (bicyclic) bond motifs is 1. The Balaban J connectivity index is 1.92. The van der Waals surface area contributed by atoms with Gasteiger partial charge in [-0.05, 0) is 42.2 Å². The van der Waals surface area contributed by atoms with Crippen molar-refractivity contribution in [2.45, 2.75) is 44.6 Å². The lowest BCUT2D eigenvalue weighted by atomic mass is 9.89. The maximum atomic E-state index is 6.18. The Hall–Kier alpha value is -1.28. The summed E-state index contributed by atoms with van der Waals surface area (Å²) in [7, 11) is 0. The lowest BCUT2D eigenvalue weighted by molar-refractivity contribution is 0.126. The standard InChI is InChI=1S/C17H20ClNO/c1-12-5-4-6-14(9-12)20-17-16-8-3-2-7-15(16)13(10-18)11-19-17/h2-3,7-8,11-12,14H,4-6,9-10H2,1H3. The van der Waals surface area contributed by atoms with E-state index < -0.39 is 0 Å². The van der Waals surface area contributed by atoms with E-state index in [0.29, 0.717) is 12.0 Å². The normalized spacial score (nSPS) is 22.9. The smallest absolute Gasteiger partial charge is 0.221 e. The zero-order valence-electron chi connectivity index (χ0n) is 11.8. The molecule has 1 heterocycles. The van der Waals surface area contributed by atoms with Crippen LogP contribution in [0.3, 0.4) is 0 Å². The number of hydrogen-bond donors (Lipinski definition) is 0. The largest absolute Gasteiger partial charge is 0.474 e. The molecule has 3 rings (SSSR count). The number of alkyl halides is 1. The van der Waals surface area contributed by atoms with Crippen molar-refractivity contribution >= 4 is 22.4 Å². The van der Waals surface area contributed by atoms with E-state index in [9.17, 15) is 0 Å². The van der Waals surface area contributed by atoms with E-state index in [1.807, 2.05) is 18.3 Å². The van der Waals surface area contributed by atoms with Gasteiger partial charge in [0.15, 0.2) is 0 Å². The van der Waals surface area contributed by atoms with Crippen molar-refractivity contribution in [2.75, 3.05) is 0 Å². The highest BCUT2D eigenvalue weighted by Gasteiger charge is 2.21. The van der Waals surface area contributed by atoms with Gasteiger partial charge in [0.1, 0.15) is 6.10 Å². The molecule has 0 N–H and O–H groups in total. The molecule has 0 aliphatic heterocycles. The molecule has 1 aromatic heterocycles. The fraction of sp³-hybridized carbons (Fsp3) is 0.471. The monoisotopic (exact) mass is 289 g/mol. The van der Waals surface area contributed by atoms with Gasteiger partial charge < -0.3 is 4.74 Å². The van der Waals surface area contributed by atoms with Crippen LogP contribution in [-0.2, 0) is 5.88 Å². The summed E-state index contributed by atoms with van der Waals surface area (Å²) >= 11 is 5.99. The Morgan fingerprint density at radius 1 is 1.25 bits per heavy atom. The lowest BCUT2D eigenvalue weighted by Gasteiger charge is -2.27. The van der Waals surface area contributed by atoms with E-state index in [1.54, 1.807) is 0 Å². The molecule has 0 bridgehead atoms. The number of hydrogen-bond acceptors (Lipinski definition) is 2. The Bertz CT molecular complexity index is 599. The predicted octanol–water partition coefficient (Wildman–Crippen LogP) is 4.93. The summed E-state index contributed by atoms with van der Waals surface area (Å²) in [5, 5.41) is 2.22. The van der Waals surface area contributed by atoms with Crippen LogP contribution in [0.4, 0.5) is 0 Å². The molecule has 2 unspecified atom stereocenters. The molecular formula is C17H20ClNO. The van der Waals surface area contributed by atoms with E-state index in [0.717, 1.165) is 41.0 Å². The molecule has 1 fully saturated rings. The predicted molar refractivity (Wildman–Crippen MR) is 83.3 cm³/mol. The minimum absolute atomic E-state index is 0.302. The molecule has 106 valence electrons. The molecule has 2 nitrogen and oxygen atoms in total. The van der Waals surface area contributed by atoms with Gasteiger partial charge in [-0.15, -0.1) is 11.6 Å². The van der Waals surface area contributed by atoms with Crippen LogP contribution in [0.2, 0.25) is 0 Å². The first kappa shape index (κ1) is 13.7. The number of benzene rings is 1. The molecule has 2 atom stereocenters. The van der Waals surface area contributed by atoms with Gasteiger partial charge in [0.05, 0.1) is 0 Å². The quantitative estimate of drug-likeness (QED) is 0.747. The van der Waals surface area contributed by atoms with Gasteiger partial charge in [-0.1, -0.05) is 31.5 Å². The van der Waals surface area contributed by atoms with Gasteiger partial charge in [0.2, 0.25) is 5.88 Å². The Labute approximate surface area is 125 Å². The number of halogens is 1. The molecule has 20 heavy (non-hydrogen) atoms. The van der Waals surface area contributed by atoms with E-state index >= 15 is 0 Å². The number of pyridine rings is 1. The second-order valence-electron chi connectivity index (χ2n) is 5.78. The second kappa shape index (κ2) is 6.01. The number of rotatable bonds is 3. The van der Waals surface area contributed by atoms with E-state index in [-0.39, 0.29) is 0 Å². The van der Waals surface area contributed by atoms with Crippen LogP contribution in [0.15, 0.2) is 30.5 Å². The molecule has 0 amide bonds. The fourth-order valence-corrected chi connectivity index (χ4v) is 3.28. The van der Waals surface area contributed by atoms with Crippen LogP contribution in [0.5, 0.6) is 5.88 Å². The van der Waals surface area contributed by atoms with Crippen LogP contribution in [0.25, 0.3) is 10.8 Å². The van der Waals surface area contributed by atoms with Gasteiger partial charge in [-0.25, -0.2) is 4.98 Å². The Kier molecular flexibility index (Phi) is 4.11. The third-order valence-corrected chi connectivity index (χ3v) is 4.44. The number of nitrogens with zero attached hydrogens (tertiary/aromatic N) is 1. The average Bonchev–Trinajstić information content (AvgIpc) is 2.48. The zero-order chi connectivity index (χ0) is 13.9. The molecule has 3 heteroatoms. The summed E-state index contributed by atoms with van der Waals surface area (Å²) < 4.78 is 6.18. The SMILES string of the molecule is CC1CCCC(Oc2ncc(CCl)c3ccccc23)C1. The highest BCUT2D eigenvalue weighted by atomic mass is 35.5. The maximum Gasteiger partial charge on any atom is 0.221 e. The lowest BCUT2D eigenvalue weighted by Crippen LogP contribution is -2.24. The van der Waals surface area contributed by atoms with Crippen molar-refractivity contribution in [1.82, 2.24) is 4.98 Å². The molecular weight excluding hydrogens is 270 g/mol. The third-order valence-electron chi connectivity index (χ3n) is 4.15. The van der Waals surface area contributed by atoms with Crippen LogP contribution in [0, 0.1) is 5.92 Å². The first-order chi connectivity index (χ1) is 9.78. The van der Waals surface area contributed by atoms with E-state index in [1.165, 1.54) is 12.8 Å². The van der Waals surface area contributed by atoms with Gasteiger partial charge in [-0.2, -0.15) is 0 Å². The van der Waals surface area contributed by atoms with Crippen molar-refractivity contribution < 1.29 is 4.74 Å². The van der Waals surface area contributed by atoms with Crippen molar-refractivity contribution in [3.63, 3.8) is 0 Å². The summed E-state index contributed by atoms with van der Waals surface area (Å²) in [4.78, 5) is 4.49. The molecule has 1 saturated carbocycles. The Morgan fingerprint density at radius 3 is 2.80 bits per heavy atom. The van der Waals surface area contributed by atoms with E-state index in [4.69, 9.17) is 16.3 Å². The highest BCUT2D eigenvalue weighted by molar-refractivity contribution is 6.18. The van der Waals surface area contributed by atoms with E-state index in [2.05, 4.69) is 24.0 Å². The summed E-state index contributed by atoms with van der Waals surface area (Å²) in [5.74, 6) is 1.99. The molecule has 1 aliphatic rings. The second-order valence-corrected chi connectivity index (χ2v) is 6.05. The Morgan fingerprint density at radius 2 is 2.05 bits per heavy atom. The van der Waals surface area contributed by atoms with Crippen LogP contribution in [-0.4, -0.2) is 11.1 Å². The molecule has 2 aromatic rings. The van der Waals surface area contributed by atoms with Crippen molar-refractivity contribution in [2.24, 2.45) is 5.92 Å². The zero-order valence-corrected chi connectivity index (χ0v) is 12.6. The average molecular weight is 290 g/mol. The van der Waals surface area contributed by atoms with Gasteiger partial charge in [0, 0.05) is 17.5 Å². The maximum absolute atomic E-state index is 6.18. The van der Waals surface area contributed by atoms with Crippen LogP contribution in [0.1, 0.15) is 38.2 Å². The van der Waals surface area contributed by atoms with Gasteiger partial charge >= 0.3 is 0 Å². The number of aromatic nitrogens is 1. The van der Waals surface area contributed by atoms with Crippen molar-refractivity contribution in [3.05, 3.63) is 36.0 Å². The van der Waals surface area contributed by atoms with Crippen LogP contribution < -0.4 is 4.74 Å². The van der Waals surface area contributed by atoms with Gasteiger partial charge in [0.25, 0.3) is 0 Å². The topological polar surface area (TPSA) is 22.1 Å². The molecule has 1 aromatic carbocycles. The fourth-order valence-electron chi connectivity index (χ4n) is 3.07. The third kappa shape index (κ3) is 2.76. The summed E-state index contributed by atoms with van der Waals surface area (Å²) in [5.41, 5.74) is 1.06.